The molecule has 0 fully saturated rings. The van der Waals surface area contributed by atoms with E-state index < -0.39 is 0 Å². The maximum atomic E-state index is 12.8. The number of carbonyl (C=O) groups excluding carboxylic acids is 1. The highest BCUT2D eigenvalue weighted by Gasteiger charge is 2.13. The average Bonchev–Trinajstić information content (AvgIpc) is 2.74. The monoisotopic (exact) mass is 393 g/mol. The number of ether oxygens (including phenoxy) is 3. The normalized spacial score (nSPS) is 10.2. The lowest BCUT2D eigenvalue weighted by Gasteiger charge is -2.13. The van der Waals surface area contributed by atoms with Crippen molar-refractivity contribution in [1.29, 1.82) is 0 Å². The Hall–Kier alpha value is -3.74. The standard InChI is InChI=1S/C22H23N3O4/c1-14-5-7-19(28-3)17(11-14)24-21-12-15(9-10-23-21)22(26)25-18-13-16(27-2)6-8-20(18)29-4/h5-13H,1-4H3,(H,23,24)(H,25,26). The number of carbonyl (C=O) groups is 1. The molecule has 2 N–H and O–H groups in total. The molecule has 29 heavy (non-hydrogen) atoms. The lowest BCUT2D eigenvalue weighted by atomic mass is 10.2. The Morgan fingerprint density at radius 3 is 2.31 bits per heavy atom. The molecule has 0 bridgehead atoms. The predicted octanol–water partition coefficient (Wildman–Crippen LogP) is 4.41. The molecule has 0 radical (unpaired) electrons. The van der Waals surface area contributed by atoms with E-state index in [1.165, 1.54) is 0 Å². The van der Waals surface area contributed by atoms with E-state index in [-0.39, 0.29) is 5.91 Å². The van der Waals surface area contributed by atoms with Gasteiger partial charge < -0.3 is 24.8 Å². The molecule has 0 spiro atoms. The highest BCUT2D eigenvalue weighted by atomic mass is 16.5. The minimum absolute atomic E-state index is 0.293. The van der Waals surface area contributed by atoms with Crippen LogP contribution in [0, 0.1) is 6.92 Å². The molecule has 7 nitrogen and oxygen atoms in total. The first-order valence-electron chi connectivity index (χ1n) is 8.95. The van der Waals surface area contributed by atoms with Crippen molar-refractivity contribution >= 4 is 23.1 Å². The molecule has 0 atom stereocenters. The molecule has 0 aliphatic rings. The zero-order chi connectivity index (χ0) is 20.8. The SMILES string of the molecule is COc1ccc(OC)c(NC(=O)c2ccnc(Nc3cc(C)ccc3OC)c2)c1. The van der Waals surface area contributed by atoms with Gasteiger partial charge in [-0.25, -0.2) is 4.98 Å². The summed E-state index contributed by atoms with van der Waals surface area (Å²) in [6.07, 6.45) is 1.57. The quantitative estimate of drug-likeness (QED) is 0.619. The minimum Gasteiger partial charge on any atom is -0.497 e. The Morgan fingerprint density at radius 1 is 0.862 bits per heavy atom. The fourth-order valence-electron chi connectivity index (χ4n) is 2.80. The number of benzene rings is 2. The largest absolute Gasteiger partial charge is 0.497 e. The Morgan fingerprint density at radius 2 is 1.59 bits per heavy atom. The van der Waals surface area contributed by atoms with Gasteiger partial charge in [-0.05, 0) is 48.9 Å². The van der Waals surface area contributed by atoms with E-state index in [1.54, 1.807) is 57.9 Å². The average molecular weight is 393 g/mol. The van der Waals surface area contributed by atoms with Crippen molar-refractivity contribution in [2.45, 2.75) is 6.92 Å². The number of nitrogens with zero attached hydrogens (tertiary/aromatic N) is 1. The van der Waals surface area contributed by atoms with Gasteiger partial charge in [0, 0.05) is 17.8 Å². The van der Waals surface area contributed by atoms with E-state index >= 15 is 0 Å². The van der Waals surface area contributed by atoms with Crippen LogP contribution in [0.5, 0.6) is 17.2 Å². The summed E-state index contributed by atoms with van der Waals surface area (Å²) in [7, 11) is 4.71. The number of anilines is 3. The Bertz CT molecular complexity index is 1020. The van der Waals surface area contributed by atoms with Crippen molar-refractivity contribution in [2.75, 3.05) is 32.0 Å². The zero-order valence-corrected chi connectivity index (χ0v) is 16.8. The highest BCUT2D eigenvalue weighted by molar-refractivity contribution is 6.05. The molecule has 2 aromatic carbocycles. The minimum atomic E-state index is -0.293. The van der Waals surface area contributed by atoms with Gasteiger partial charge >= 0.3 is 0 Å². The van der Waals surface area contributed by atoms with Gasteiger partial charge in [0.1, 0.15) is 23.1 Å². The van der Waals surface area contributed by atoms with Gasteiger partial charge in [-0.3, -0.25) is 4.79 Å². The lowest BCUT2D eigenvalue weighted by Crippen LogP contribution is -2.13. The summed E-state index contributed by atoms with van der Waals surface area (Å²) in [4.78, 5) is 17.1. The maximum Gasteiger partial charge on any atom is 0.255 e. The molecule has 150 valence electrons. The third kappa shape index (κ3) is 4.76. The maximum absolute atomic E-state index is 12.8. The summed E-state index contributed by atoms with van der Waals surface area (Å²) in [6.45, 7) is 1.99. The third-order valence-corrected chi connectivity index (χ3v) is 4.29. The van der Waals surface area contributed by atoms with Gasteiger partial charge in [0.05, 0.1) is 32.7 Å². The van der Waals surface area contributed by atoms with Crippen LogP contribution in [-0.4, -0.2) is 32.2 Å². The van der Waals surface area contributed by atoms with Crippen molar-refractivity contribution in [2.24, 2.45) is 0 Å². The topological polar surface area (TPSA) is 81.7 Å². The zero-order valence-electron chi connectivity index (χ0n) is 16.8. The first-order chi connectivity index (χ1) is 14.0. The van der Waals surface area contributed by atoms with Crippen LogP contribution in [0.1, 0.15) is 15.9 Å². The van der Waals surface area contributed by atoms with Crippen LogP contribution in [0.2, 0.25) is 0 Å². The van der Waals surface area contributed by atoms with Crippen LogP contribution in [-0.2, 0) is 0 Å². The molecule has 0 saturated carbocycles. The molecular formula is C22H23N3O4. The summed E-state index contributed by atoms with van der Waals surface area (Å²) >= 11 is 0. The Balaban J connectivity index is 1.83. The Labute approximate surface area is 169 Å². The number of aromatic nitrogens is 1. The van der Waals surface area contributed by atoms with Crippen LogP contribution in [0.25, 0.3) is 0 Å². The summed E-state index contributed by atoms with van der Waals surface area (Å²) in [5.74, 6) is 2.08. The first kappa shape index (κ1) is 20.0. The molecule has 3 aromatic rings. The second kappa shape index (κ2) is 8.97. The van der Waals surface area contributed by atoms with Crippen molar-refractivity contribution in [1.82, 2.24) is 4.98 Å². The summed E-state index contributed by atoms with van der Waals surface area (Å²) < 4.78 is 15.9. The van der Waals surface area contributed by atoms with Gasteiger partial charge in [-0.1, -0.05) is 6.07 Å². The molecular weight excluding hydrogens is 370 g/mol. The number of hydrogen-bond donors (Lipinski definition) is 2. The number of amides is 1. The Kier molecular flexibility index (Phi) is 6.19. The van der Waals surface area contributed by atoms with Gasteiger partial charge in [0.15, 0.2) is 0 Å². The van der Waals surface area contributed by atoms with Gasteiger partial charge in [-0.2, -0.15) is 0 Å². The van der Waals surface area contributed by atoms with Crippen LogP contribution < -0.4 is 24.8 Å². The van der Waals surface area contributed by atoms with Crippen LogP contribution in [0.15, 0.2) is 54.7 Å². The van der Waals surface area contributed by atoms with Crippen LogP contribution >= 0.6 is 0 Å². The molecule has 0 unspecified atom stereocenters. The number of methoxy groups -OCH3 is 3. The molecule has 1 heterocycles. The number of pyridine rings is 1. The molecule has 0 aliphatic carbocycles. The second-order valence-electron chi connectivity index (χ2n) is 6.28. The van der Waals surface area contributed by atoms with Gasteiger partial charge in [0.2, 0.25) is 0 Å². The summed E-state index contributed by atoms with van der Waals surface area (Å²) in [5.41, 5.74) is 2.81. The lowest BCUT2D eigenvalue weighted by molar-refractivity contribution is 0.102. The summed E-state index contributed by atoms with van der Waals surface area (Å²) in [6, 6.07) is 14.3. The van der Waals surface area contributed by atoms with E-state index in [0.717, 1.165) is 11.3 Å². The van der Waals surface area contributed by atoms with E-state index in [4.69, 9.17) is 14.2 Å². The van der Waals surface area contributed by atoms with E-state index in [2.05, 4.69) is 15.6 Å². The molecule has 7 heteroatoms. The molecule has 1 amide bonds. The van der Waals surface area contributed by atoms with Crippen LogP contribution in [0.4, 0.5) is 17.2 Å². The predicted molar refractivity (Wildman–Crippen MR) is 113 cm³/mol. The number of rotatable bonds is 7. The fraction of sp³-hybridized carbons (Fsp3) is 0.182. The first-order valence-corrected chi connectivity index (χ1v) is 8.95. The van der Waals surface area contributed by atoms with Crippen LogP contribution in [0.3, 0.4) is 0 Å². The smallest absolute Gasteiger partial charge is 0.255 e. The van der Waals surface area contributed by atoms with Gasteiger partial charge in [-0.15, -0.1) is 0 Å². The highest BCUT2D eigenvalue weighted by Crippen LogP contribution is 2.30. The molecule has 0 saturated heterocycles. The number of aryl methyl sites for hydroxylation is 1. The third-order valence-electron chi connectivity index (χ3n) is 4.29. The van der Waals surface area contributed by atoms with Crippen molar-refractivity contribution < 1.29 is 19.0 Å². The van der Waals surface area contributed by atoms with Crippen molar-refractivity contribution in [3.8, 4) is 17.2 Å². The van der Waals surface area contributed by atoms with Crippen molar-refractivity contribution in [3.05, 3.63) is 65.9 Å². The van der Waals surface area contributed by atoms with E-state index in [9.17, 15) is 4.79 Å². The number of nitrogens with one attached hydrogen (secondary N) is 2. The molecule has 0 aliphatic heterocycles. The number of hydrogen-bond acceptors (Lipinski definition) is 6. The van der Waals surface area contributed by atoms with Crippen molar-refractivity contribution in [3.63, 3.8) is 0 Å². The van der Waals surface area contributed by atoms with Gasteiger partial charge in [0.25, 0.3) is 5.91 Å². The van der Waals surface area contributed by atoms with E-state index in [1.807, 2.05) is 25.1 Å². The fourth-order valence-corrected chi connectivity index (χ4v) is 2.80. The second-order valence-corrected chi connectivity index (χ2v) is 6.28. The molecule has 1 aromatic heterocycles. The summed E-state index contributed by atoms with van der Waals surface area (Å²) in [5, 5.41) is 6.05. The molecule has 3 rings (SSSR count). The van der Waals surface area contributed by atoms with E-state index in [0.29, 0.717) is 34.3 Å².